The lowest BCUT2D eigenvalue weighted by molar-refractivity contribution is -0.150. The molecule has 206 valence electrons. The second-order valence-corrected chi connectivity index (χ2v) is 11.0. The van der Waals surface area contributed by atoms with Crippen LogP contribution < -0.4 is 20.1 Å². The van der Waals surface area contributed by atoms with E-state index >= 15 is 0 Å². The molecule has 3 fully saturated rings. The summed E-state index contributed by atoms with van der Waals surface area (Å²) < 4.78 is 24.1. The molecule has 1 aromatic rings. The summed E-state index contributed by atoms with van der Waals surface area (Å²) in [4.78, 5) is 38.0. The molecule has 4 atom stereocenters. The zero-order valence-electron chi connectivity index (χ0n) is 21.9. The molecule has 0 radical (unpaired) electrons. The molecule has 4 rings (SSSR count). The van der Waals surface area contributed by atoms with E-state index in [1.54, 1.807) is 6.92 Å². The Morgan fingerprint density at radius 1 is 1.16 bits per heavy atom. The molecular weight excluding hydrogens is 493 g/mol. The number of nitrogens with one attached hydrogen (secondary N) is 2. The number of rotatable bonds is 10. The molecule has 0 saturated heterocycles. The number of hydrogen-bond acceptors (Lipinski definition) is 6. The number of aliphatic carboxylic acids is 1. The van der Waals surface area contributed by atoms with Gasteiger partial charge in [0.15, 0.2) is 0 Å². The van der Waals surface area contributed by atoms with Crippen LogP contribution in [-0.2, 0) is 9.59 Å². The fourth-order valence-electron chi connectivity index (χ4n) is 6.33. The largest absolute Gasteiger partial charge is 0.496 e. The summed E-state index contributed by atoms with van der Waals surface area (Å²) in [5.41, 5.74) is -0.375. The minimum Gasteiger partial charge on any atom is -0.496 e. The van der Waals surface area contributed by atoms with Crippen LogP contribution >= 0.6 is 0 Å². The highest BCUT2D eigenvalue weighted by molar-refractivity contribution is 5.98. The van der Waals surface area contributed by atoms with Crippen LogP contribution in [0.1, 0.15) is 74.2 Å². The molecular formula is C28H36FN3O6. The Balaban J connectivity index is 1.51. The summed E-state index contributed by atoms with van der Waals surface area (Å²) in [5, 5.41) is 25.1. The van der Waals surface area contributed by atoms with E-state index in [0.29, 0.717) is 25.7 Å². The Hall–Kier alpha value is -3.35. The third-order valence-corrected chi connectivity index (χ3v) is 8.64. The van der Waals surface area contributed by atoms with Gasteiger partial charge in [0.2, 0.25) is 5.91 Å². The Kier molecular flexibility index (Phi) is 8.44. The van der Waals surface area contributed by atoms with Gasteiger partial charge in [0.1, 0.15) is 17.6 Å². The predicted octanol–water partition coefficient (Wildman–Crippen LogP) is 3.60. The molecule has 38 heavy (non-hydrogen) atoms. The zero-order valence-corrected chi connectivity index (χ0v) is 21.9. The summed E-state index contributed by atoms with van der Waals surface area (Å²) in [6.07, 6.45) is 4.65. The van der Waals surface area contributed by atoms with Gasteiger partial charge in [-0.2, -0.15) is 5.26 Å². The van der Waals surface area contributed by atoms with E-state index in [9.17, 15) is 29.1 Å². The maximum Gasteiger partial charge on any atom is 0.309 e. The van der Waals surface area contributed by atoms with Crippen LogP contribution in [-0.4, -0.2) is 55.4 Å². The average Bonchev–Trinajstić information content (AvgIpc) is 3.52. The number of carbonyl (C=O) groups excluding carboxylic acids is 2. The number of benzene rings is 1. The van der Waals surface area contributed by atoms with Crippen LogP contribution in [0.2, 0.25) is 0 Å². The van der Waals surface area contributed by atoms with E-state index in [1.807, 2.05) is 0 Å². The van der Waals surface area contributed by atoms with Gasteiger partial charge in [-0.3, -0.25) is 18.8 Å². The average molecular weight is 530 g/mol. The van der Waals surface area contributed by atoms with Crippen molar-refractivity contribution < 1.29 is 33.4 Å². The Morgan fingerprint density at radius 3 is 2.50 bits per heavy atom. The van der Waals surface area contributed by atoms with Crippen molar-refractivity contribution in [3.63, 3.8) is 0 Å². The first kappa shape index (κ1) is 27.7. The van der Waals surface area contributed by atoms with Crippen molar-refractivity contribution in [2.45, 2.75) is 70.4 Å². The fourth-order valence-corrected chi connectivity index (χ4v) is 6.33. The number of methoxy groups -OCH3 is 1. The molecule has 0 heterocycles. The van der Waals surface area contributed by atoms with Crippen LogP contribution in [0.4, 0.5) is 4.39 Å². The minimum atomic E-state index is -0.827. The number of halogens is 1. The monoisotopic (exact) mass is 529 g/mol. The van der Waals surface area contributed by atoms with Gasteiger partial charge in [-0.25, -0.2) is 0 Å². The maximum absolute atomic E-state index is 13.5. The second kappa shape index (κ2) is 11.6. The first-order chi connectivity index (χ1) is 18.2. The first-order valence-corrected chi connectivity index (χ1v) is 13.4. The van der Waals surface area contributed by atoms with Crippen molar-refractivity contribution in [2.75, 3.05) is 20.3 Å². The Bertz CT molecular complexity index is 1110. The van der Waals surface area contributed by atoms with Crippen LogP contribution in [0.15, 0.2) is 12.1 Å². The number of hydrogen-bond donors (Lipinski definition) is 3. The van der Waals surface area contributed by atoms with Crippen molar-refractivity contribution >= 4 is 17.8 Å². The summed E-state index contributed by atoms with van der Waals surface area (Å²) in [7, 11) is 1.42. The molecule has 0 spiro atoms. The third-order valence-electron chi connectivity index (χ3n) is 8.64. The number of alkyl halides is 1. The van der Waals surface area contributed by atoms with Gasteiger partial charge in [0.05, 0.1) is 42.3 Å². The normalized spacial score (nSPS) is 29.8. The molecule has 3 aliphatic rings. The van der Waals surface area contributed by atoms with Crippen molar-refractivity contribution in [2.24, 2.45) is 23.2 Å². The molecule has 0 aromatic heterocycles. The highest BCUT2D eigenvalue weighted by atomic mass is 19.1. The van der Waals surface area contributed by atoms with E-state index in [1.165, 1.54) is 19.2 Å². The quantitative estimate of drug-likeness (QED) is 0.394. The number of ether oxygens (including phenoxy) is 2. The van der Waals surface area contributed by atoms with Gasteiger partial charge >= 0.3 is 5.97 Å². The van der Waals surface area contributed by atoms with Gasteiger partial charge in [0, 0.05) is 18.7 Å². The lowest BCUT2D eigenvalue weighted by Gasteiger charge is -2.34. The van der Waals surface area contributed by atoms with Gasteiger partial charge in [-0.05, 0) is 76.2 Å². The van der Waals surface area contributed by atoms with E-state index in [2.05, 4.69) is 16.7 Å². The molecule has 0 aliphatic heterocycles. The smallest absolute Gasteiger partial charge is 0.309 e. The zero-order chi connectivity index (χ0) is 27.4. The second-order valence-electron chi connectivity index (χ2n) is 11.0. The van der Waals surface area contributed by atoms with Crippen molar-refractivity contribution in [1.29, 1.82) is 5.26 Å². The number of carboxylic acid groups (broad SMARTS) is 1. The van der Waals surface area contributed by atoms with Crippen LogP contribution in [0.3, 0.4) is 0 Å². The number of carboxylic acids is 1. The lowest BCUT2D eigenvalue weighted by atomic mass is 9.75. The standard InChI is InChI=1S/C28H36FN3O6/c1-28(27(35)36)8-6-19(7-9-28)38-21-14-20(22(37-2)13-18(21)15-30)25(33)32-24-17-5-4-16(12-17)23(24)26(34)31-11-3-10-29/h13-14,16-17,19,23-24H,3-12H2,1-2H3,(H,31,34)(H,32,33)(H,35,36). The molecule has 9 nitrogen and oxygen atoms in total. The highest BCUT2D eigenvalue weighted by Gasteiger charge is 2.51. The number of nitriles is 1. The van der Waals surface area contributed by atoms with E-state index in [4.69, 9.17) is 9.47 Å². The van der Waals surface area contributed by atoms with E-state index in [0.717, 1.165) is 19.3 Å². The molecule has 10 heteroatoms. The van der Waals surface area contributed by atoms with Gasteiger partial charge in [-0.15, -0.1) is 0 Å². The molecule has 2 bridgehead atoms. The molecule has 4 unspecified atom stereocenters. The van der Waals surface area contributed by atoms with Crippen molar-refractivity contribution in [3.05, 3.63) is 23.3 Å². The van der Waals surface area contributed by atoms with Crippen LogP contribution in [0.25, 0.3) is 0 Å². The topological polar surface area (TPSA) is 138 Å². The Morgan fingerprint density at radius 2 is 1.87 bits per heavy atom. The lowest BCUT2D eigenvalue weighted by Crippen LogP contribution is -2.50. The summed E-state index contributed by atoms with van der Waals surface area (Å²) in [5.74, 6) is -0.937. The van der Waals surface area contributed by atoms with Gasteiger partial charge in [0.25, 0.3) is 5.91 Å². The number of nitrogens with zero attached hydrogens (tertiary/aromatic N) is 1. The third kappa shape index (κ3) is 5.57. The van der Waals surface area contributed by atoms with Crippen LogP contribution in [0, 0.1) is 34.5 Å². The number of carbonyl (C=O) groups is 3. The SMILES string of the molecule is COc1cc(C#N)c(OC2CCC(C)(C(=O)O)CC2)cc1C(=O)NC1C2CCC(C2)C1C(=O)NCCCF. The number of fused-ring (bicyclic) bond motifs is 2. The first-order valence-electron chi connectivity index (χ1n) is 13.4. The van der Waals surface area contributed by atoms with Gasteiger partial charge in [-0.1, -0.05) is 0 Å². The molecule has 3 N–H and O–H groups in total. The molecule has 3 aliphatic carbocycles. The highest BCUT2D eigenvalue weighted by Crippen LogP contribution is 2.49. The maximum atomic E-state index is 13.5. The molecule has 3 saturated carbocycles. The molecule has 1 aromatic carbocycles. The van der Waals surface area contributed by atoms with Crippen LogP contribution in [0.5, 0.6) is 11.5 Å². The predicted molar refractivity (Wildman–Crippen MR) is 136 cm³/mol. The minimum absolute atomic E-state index is 0.155. The van der Waals surface area contributed by atoms with E-state index < -0.39 is 24.0 Å². The Labute approximate surface area is 222 Å². The number of amides is 2. The van der Waals surface area contributed by atoms with Crippen molar-refractivity contribution in [1.82, 2.24) is 10.6 Å². The fraction of sp³-hybridized carbons (Fsp3) is 0.643. The summed E-state index contributed by atoms with van der Waals surface area (Å²) in [6, 6.07) is 4.72. The van der Waals surface area contributed by atoms with Gasteiger partial charge < -0.3 is 25.2 Å². The summed E-state index contributed by atoms with van der Waals surface area (Å²) in [6.45, 7) is 1.49. The van der Waals surface area contributed by atoms with Crippen molar-refractivity contribution in [3.8, 4) is 17.6 Å². The summed E-state index contributed by atoms with van der Waals surface area (Å²) >= 11 is 0. The van der Waals surface area contributed by atoms with E-state index in [-0.39, 0.29) is 71.4 Å². The molecule has 2 amide bonds.